The number of ether oxygens (including phenoxy) is 3. The first-order valence-electron chi connectivity index (χ1n) is 11.8. The maximum atomic E-state index is 12.7. The highest BCUT2D eigenvalue weighted by molar-refractivity contribution is 7.89. The molecular formula is C28H28N2O7S2. The summed E-state index contributed by atoms with van der Waals surface area (Å²) in [4.78, 5) is 0.181. The maximum Gasteiger partial charge on any atom is 0.240 e. The van der Waals surface area contributed by atoms with E-state index in [4.69, 9.17) is 14.2 Å². The zero-order chi connectivity index (χ0) is 27.9. The molecule has 0 aromatic heterocycles. The lowest BCUT2D eigenvalue weighted by atomic mass is 10.2. The van der Waals surface area contributed by atoms with E-state index in [1.165, 1.54) is 48.5 Å². The smallest absolute Gasteiger partial charge is 0.240 e. The Bertz CT molecular complexity index is 1460. The Hall–Kier alpha value is -3.90. The van der Waals surface area contributed by atoms with E-state index in [0.29, 0.717) is 23.0 Å². The molecule has 0 bridgehead atoms. The highest BCUT2D eigenvalue weighted by Crippen LogP contribution is 2.25. The van der Waals surface area contributed by atoms with Gasteiger partial charge in [0, 0.05) is 13.1 Å². The average Bonchev–Trinajstić information content (AvgIpc) is 2.96. The summed E-state index contributed by atoms with van der Waals surface area (Å²) in [5.74, 6) is 2.18. The normalized spacial score (nSPS) is 11.6. The van der Waals surface area contributed by atoms with Gasteiger partial charge in [-0.3, -0.25) is 0 Å². The molecule has 0 saturated heterocycles. The first-order valence-corrected chi connectivity index (χ1v) is 14.8. The van der Waals surface area contributed by atoms with Gasteiger partial charge in [0.05, 0.1) is 24.0 Å². The molecule has 0 unspecified atom stereocenters. The van der Waals surface area contributed by atoms with Crippen LogP contribution in [0.15, 0.2) is 107 Å². The van der Waals surface area contributed by atoms with Crippen LogP contribution >= 0.6 is 0 Å². The van der Waals surface area contributed by atoms with Crippen LogP contribution in [-0.2, 0) is 33.1 Å². The molecule has 11 heteroatoms. The number of rotatable bonds is 12. The lowest BCUT2D eigenvalue weighted by molar-refractivity contribution is 0.414. The van der Waals surface area contributed by atoms with Crippen molar-refractivity contribution < 1.29 is 31.0 Å². The van der Waals surface area contributed by atoms with E-state index >= 15 is 0 Å². The fourth-order valence-corrected chi connectivity index (χ4v) is 5.56. The Labute approximate surface area is 228 Å². The lowest BCUT2D eigenvalue weighted by Gasteiger charge is -2.10. The predicted octanol–water partition coefficient (Wildman–Crippen LogP) is 4.45. The Morgan fingerprint density at radius 3 is 1.10 bits per heavy atom. The molecule has 39 heavy (non-hydrogen) atoms. The zero-order valence-electron chi connectivity index (χ0n) is 21.3. The second kappa shape index (κ2) is 12.3. The largest absolute Gasteiger partial charge is 0.497 e. The van der Waals surface area contributed by atoms with E-state index in [-0.39, 0.29) is 22.9 Å². The van der Waals surface area contributed by atoms with E-state index in [1.807, 2.05) is 0 Å². The second-order valence-electron chi connectivity index (χ2n) is 8.39. The average molecular weight is 569 g/mol. The third kappa shape index (κ3) is 7.58. The fraction of sp³-hybridized carbons (Fsp3) is 0.143. The molecule has 0 spiro atoms. The van der Waals surface area contributed by atoms with Crippen molar-refractivity contribution in [2.75, 3.05) is 14.2 Å². The molecule has 0 aliphatic carbocycles. The lowest BCUT2D eigenvalue weighted by Crippen LogP contribution is -2.23. The minimum Gasteiger partial charge on any atom is -0.497 e. The van der Waals surface area contributed by atoms with Crippen molar-refractivity contribution in [2.45, 2.75) is 22.9 Å². The first kappa shape index (κ1) is 28.1. The Kier molecular flexibility index (Phi) is 8.87. The molecule has 4 aromatic rings. The summed E-state index contributed by atoms with van der Waals surface area (Å²) in [5, 5.41) is 0. The van der Waals surface area contributed by atoms with E-state index in [2.05, 4.69) is 9.44 Å². The van der Waals surface area contributed by atoms with Gasteiger partial charge in [-0.25, -0.2) is 26.3 Å². The molecular weight excluding hydrogens is 540 g/mol. The van der Waals surface area contributed by atoms with Crippen molar-refractivity contribution in [1.29, 1.82) is 0 Å². The van der Waals surface area contributed by atoms with E-state index in [1.54, 1.807) is 62.8 Å². The van der Waals surface area contributed by atoms with Crippen molar-refractivity contribution in [3.05, 3.63) is 108 Å². The Morgan fingerprint density at radius 2 is 0.795 bits per heavy atom. The number of hydrogen-bond donors (Lipinski definition) is 2. The van der Waals surface area contributed by atoms with Gasteiger partial charge in [0.15, 0.2) is 0 Å². The van der Waals surface area contributed by atoms with Crippen LogP contribution in [0.4, 0.5) is 0 Å². The summed E-state index contributed by atoms with van der Waals surface area (Å²) >= 11 is 0. The third-order valence-electron chi connectivity index (χ3n) is 5.75. The molecule has 0 aliphatic rings. The first-order chi connectivity index (χ1) is 18.7. The van der Waals surface area contributed by atoms with Gasteiger partial charge >= 0.3 is 0 Å². The second-order valence-corrected chi connectivity index (χ2v) is 11.9. The van der Waals surface area contributed by atoms with Crippen LogP contribution < -0.4 is 23.7 Å². The zero-order valence-corrected chi connectivity index (χ0v) is 23.0. The molecule has 0 atom stereocenters. The molecule has 4 rings (SSSR count). The summed E-state index contributed by atoms with van der Waals surface area (Å²) in [6, 6.07) is 26.1. The molecule has 0 radical (unpaired) electrons. The van der Waals surface area contributed by atoms with Gasteiger partial charge < -0.3 is 14.2 Å². The van der Waals surface area contributed by atoms with Gasteiger partial charge in [0.1, 0.15) is 23.0 Å². The van der Waals surface area contributed by atoms with Crippen LogP contribution in [-0.4, -0.2) is 31.1 Å². The van der Waals surface area contributed by atoms with Gasteiger partial charge in [-0.1, -0.05) is 24.3 Å². The quantitative estimate of drug-likeness (QED) is 0.259. The molecule has 0 amide bonds. The van der Waals surface area contributed by atoms with Gasteiger partial charge in [0.25, 0.3) is 0 Å². The Morgan fingerprint density at radius 1 is 0.487 bits per heavy atom. The predicted molar refractivity (Wildman–Crippen MR) is 147 cm³/mol. The van der Waals surface area contributed by atoms with Crippen molar-refractivity contribution in [3.63, 3.8) is 0 Å². The summed E-state index contributed by atoms with van der Waals surface area (Å²) in [7, 11) is -4.34. The van der Waals surface area contributed by atoms with Crippen LogP contribution in [0.5, 0.6) is 23.0 Å². The molecule has 0 aliphatic heterocycles. The van der Waals surface area contributed by atoms with Crippen LogP contribution in [0.3, 0.4) is 0 Å². The van der Waals surface area contributed by atoms with Crippen LogP contribution in [0.1, 0.15) is 11.1 Å². The van der Waals surface area contributed by atoms with Crippen LogP contribution in [0.25, 0.3) is 0 Å². The highest BCUT2D eigenvalue weighted by atomic mass is 32.2. The number of hydrogen-bond acceptors (Lipinski definition) is 7. The van der Waals surface area contributed by atoms with Crippen molar-refractivity contribution in [2.24, 2.45) is 0 Å². The summed E-state index contributed by atoms with van der Waals surface area (Å²) in [6.45, 7) is 0.267. The minimum absolute atomic E-state index is 0.0905. The van der Waals surface area contributed by atoms with E-state index < -0.39 is 20.0 Å². The van der Waals surface area contributed by atoms with E-state index in [0.717, 1.165) is 11.1 Å². The summed E-state index contributed by atoms with van der Waals surface area (Å²) in [5.41, 5.74) is 1.58. The number of nitrogens with one attached hydrogen (secondary N) is 2. The van der Waals surface area contributed by atoms with Crippen molar-refractivity contribution >= 4 is 20.0 Å². The monoisotopic (exact) mass is 568 g/mol. The molecule has 0 fully saturated rings. The SMILES string of the molecule is COc1ccc(CNS(=O)(=O)c2ccc(Oc3ccc(S(=O)(=O)NCc4ccc(OC)cc4)cc3)cc2)cc1. The summed E-state index contributed by atoms with van der Waals surface area (Å²) < 4.78 is 71.7. The molecule has 2 N–H and O–H groups in total. The van der Waals surface area contributed by atoms with Crippen molar-refractivity contribution in [3.8, 4) is 23.0 Å². The number of benzene rings is 4. The molecule has 0 heterocycles. The van der Waals surface area contributed by atoms with Crippen molar-refractivity contribution in [1.82, 2.24) is 9.44 Å². The van der Waals surface area contributed by atoms with E-state index in [9.17, 15) is 16.8 Å². The third-order valence-corrected chi connectivity index (χ3v) is 8.59. The fourth-order valence-electron chi connectivity index (χ4n) is 3.52. The molecule has 4 aromatic carbocycles. The van der Waals surface area contributed by atoms with Crippen LogP contribution in [0, 0.1) is 0 Å². The summed E-state index contributed by atoms with van der Waals surface area (Å²) in [6.07, 6.45) is 0. The Balaban J connectivity index is 1.33. The van der Waals surface area contributed by atoms with Gasteiger partial charge in [-0.2, -0.15) is 0 Å². The van der Waals surface area contributed by atoms with Gasteiger partial charge in [-0.15, -0.1) is 0 Å². The maximum absolute atomic E-state index is 12.7. The highest BCUT2D eigenvalue weighted by Gasteiger charge is 2.16. The molecule has 9 nitrogen and oxygen atoms in total. The minimum atomic E-state index is -3.73. The molecule has 204 valence electrons. The number of methoxy groups -OCH3 is 2. The topological polar surface area (TPSA) is 120 Å². The van der Waals surface area contributed by atoms with Gasteiger partial charge in [0.2, 0.25) is 20.0 Å². The van der Waals surface area contributed by atoms with Gasteiger partial charge in [-0.05, 0) is 83.9 Å². The molecule has 0 saturated carbocycles. The number of sulfonamides is 2. The van der Waals surface area contributed by atoms with Crippen LogP contribution in [0.2, 0.25) is 0 Å². The standard InChI is InChI=1S/C28H28N2O7S2/c1-35-23-7-3-21(4-8-23)19-29-38(31,32)27-15-11-25(12-16-27)37-26-13-17-28(18-14-26)39(33,34)30-20-22-5-9-24(36-2)10-6-22/h3-18,29-30H,19-20H2,1-2H3.